The summed E-state index contributed by atoms with van der Waals surface area (Å²) in [7, 11) is 0. The lowest BCUT2D eigenvalue weighted by molar-refractivity contribution is -0.189. The van der Waals surface area contributed by atoms with Crippen LogP contribution in [0.4, 0.5) is 0 Å². The van der Waals surface area contributed by atoms with Crippen molar-refractivity contribution < 1.29 is 67.1 Å². The fraction of sp³-hybridized carbons (Fsp3) is 0.523. The summed E-state index contributed by atoms with van der Waals surface area (Å²) < 4.78 is 36.2. The van der Waals surface area contributed by atoms with Gasteiger partial charge in [-0.1, -0.05) is 67.2 Å². The maximum atomic E-state index is 14.9. The van der Waals surface area contributed by atoms with Crippen LogP contribution < -0.4 is 0 Å². The van der Waals surface area contributed by atoms with E-state index >= 15 is 0 Å². The molecule has 0 bridgehead atoms. The van der Waals surface area contributed by atoms with Gasteiger partial charge in [0.1, 0.15) is 17.3 Å². The molecule has 16 nitrogen and oxygen atoms in total. The van der Waals surface area contributed by atoms with Crippen molar-refractivity contribution in [3.63, 3.8) is 0 Å². The van der Waals surface area contributed by atoms with Gasteiger partial charge < -0.3 is 33.5 Å². The molecule has 9 atom stereocenters. The van der Waals surface area contributed by atoms with Gasteiger partial charge in [-0.25, -0.2) is 9.59 Å². The normalized spacial score (nSPS) is 29.0. The van der Waals surface area contributed by atoms with Crippen molar-refractivity contribution in [3.05, 3.63) is 84.5 Å². The van der Waals surface area contributed by atoms with Crippen LogP contribution in [0.25, 0.3) is 0 Å². The van der Waals surface area contributed by atoms with Gasteiger partial charge in [-0.05, 0) is 31.2 Å². The molecule has 2 heterocycles. The van der Waals surface area contributed by atoms with Crippen LogP contribution in [0.5, 0.6) is 0 Å². The van der Waals surface area contributed by atoms with Crippen LogP contribution in [0.3, 0.4) is 0 Å². The molecule has 9 unspecified atom stereocenters. The first-order valence-corrected chi connectivity index (χ1v) is 19.6. The average molecular weight is 835 g/mol. The molecule has 0 aromatic carbocycles. The van der Waals surface area contributed by atoms with Crippen molar-refractivity contribution >= 4 is 41.6 Å². The fourth-order valence-electron chi connectivity index (χ4n) is 7.50. The second kappa shape index (κ2) is 18.7. The van der Waals surface area contributed by atoms with Gasteiger partial charge in [0.15, 0.2) is 30.2 Å². The highest BCUT2D eigenvalue weighted by atomic mass is 16.6. The predicted molar refractivity (Wildman–Crippen MR) is 211 cm³/mol. The van der Waals surface area contributed by atoms with E-state index in [9.17, 15) is 38.7 Å². The molecule has 4 rings (SSSR count). The summed E-state index contributed by atoms with van der Waals surface area (Å²) in [6.45, 7) is 18.6. The van der Waals surface area contributed by atoms with Crippen molar-refractivity contribution in [2.45, 2.75) is 117 Å². The number of allylic oxidation sites excluding steroid dienone is 1. The Morgan fingerprint density at radius 2 is 1.30 bits per heavy atom. The van der Waals surface area contributed by atoms with Crippen molar-refractivity contribution in [1.82, 2.24) is 9.97 Å². The molecular formula is C44H54N2O14. The minimum Gasteiger partial charge on any atom is -0.457 e. The number of Topliss-reactive ketones (excluding diaryl/α,β-unsaturated/α-hetero) is 1. The van der Waals surface area contributed by atoms with Crippen LogP contribution in [0.15, 0.2) is 73.4 Å². The highest BCUT2D eigenvalue weighted by molar-refractivity contribution is 5.93. The summed E-state index contributed by atoms with van der Waals surface area (Å²) in [5.41, 5.74) is -6.45. The Morgan fingerprint density at radius 3 is 1.78 bits per heavy atom. The Hall–Kier alpha value is -5.77. The summed E-state index contributed by atoms with van der Waals surface area (Å²) >= 11 is 0. The number of aromatic nitrogens is 2. The maximum Gasteiger partial charge on any atom is 0.340 e. The molecule has 2 aromatic heterocycles. The Kier molecular flexibility index (Phi) is 14.6. The number of esters is 6. The van der Waals surface area contributed by atoms with Crippen molar-refractivity contribution in [3.8, 4) is 0 Å². The van der Waals surface area contributed by atoms with Gasteiger partial charge in [-0.3, -0.25) is 33.9 Å². The molecule has 1 N–H and O–H groups in total. The number of fused-ring (bicyclic) bond motifs is 1. The number of hydrogen-bond donors (Lipinski definition) is 1. The Labute approximate surface area is 349 Å². The number of ether oxygens (including phenoxy) is 6. The van der Waals surface area contributed by atoms with E-state index in [4.69, 9.17) is 28.4 Å². The summed E-state index contributed by atoms with van der Waals surface area (Å²) in [6.07, 6.45) is -1.33. The lowest BCUT2D eigenvalue weighted by atomic mass is 9.72. The molecule has 16 heteroatoms. The number of hydrogen-bond acceptors (Lipinski definition) is 16. The van der Waals surface area contributed by atoms with Crippen LogP contribution in [0.1, 0.15) is 96.4 Å². The molecule has 1 fully saturated rings. The molecule has 0 amide bonds. The third-order valence-electron chi connectivity index (χ3n) is 10.5. The largest absolute Gasteiger partial charge is 0.457 e. The van der Waals surface area contributed by atoms with E-state index in [0.717, 1.165) is 13.8 Å². The number of pyridine rings is 2. The number of carbonyl (C=O) groups is 7. The molecule has 324 valence electrons. The Balaban J connectivity index is 2.15. The highest BCUT2D eigenvalue weighted by Crippen LogP contribution is 2.52. The van der Waals surface area contributed by atoms with Crippen LogP contribution >= 0.6 is 0 Å². The molecule has 2 aliphatic rings. The standard InChI is InChI=1S/C44H54N2O14/c1-23(2)38(50)57-33-26(6)32(56-40(52)29-14-12-18-45-20-29)31-36(58-39(51)24(3)4)43(11,60-28(8)48)22-44(31,54)35(49)25(5)16-17-42(9,10)37(34(33)55-27(7)47)59-41(53)30-15-13-19-46-21-30/h12-21,23-25,31-34,36-37,54H,6,22H2,1-5,7-11H3. The van der Waals surface area contributed by atoms with E-state index < -0.39 is 124 Å². The minimum atomic E-state index is -2.64. The number of ketones is 1. The minimum absolute atomic E-state index is 0.0157. The quantitative estimate of drug-likeness (QED) is 0.194. The summed E-state index contributed by atoms with van der Waals surface area (Å²) in [6, 6.07) is 5.77. The van der Waals surface area contributed by atoms with Crippen LogP contribution in [0, 0.1) is 29.1 Å². The first-order chi connectivity index (χ1) is 27.9. The molecule has 60 heavy (non-hydrogen) atoms. The van der Waals surface area contributed by atoms with Gasteiger partial charge in [-0.2, -0.15) is 0 Å². The third kappa shape index (κ3) is 10.3. The van der Waals surface area contributed by atoms with Crippen molar-refractivity contribution in [2.75, 3.05) is 0 Å². The topological polar surface area (TPSA) is 221 Å². The predicted octanol–water partition coefficient (Wildman–Crippen LogP) is 4.73. The maximum absolute atomic E-state index is 14.9. The molecule has 0 spiro atoms. The highest BCUT2D eigenvalue weighted by Gasteiger charge is 2.70. The van der Waals surface area contributed by atoms with E-state index in [1.807, 2.05) is 0 Å². The number of carbonyl (C=O) groups excluding carboxylic acids is 7. The lowest BCUT2D eigenvalue weighted by Gasteiger charge is -2.44. The number of aliphatic hydroxyl groups is 1. The van der Waals surface area contributed by atoms with Crippen LogP contribution in [0.2, 0.25) is 0 Å². The Morgan fingerprint density at radius 1 is 0.767 bits per heavy atom. The zero-order valence-electron chi connectivity index (χ0n) is 35.5. The smallest absolute Gasteiger partial charge is 0.340 e. The van der Waals surface area contributed by atoms with Gasteiger partial charge in [0.2, 0.25) is 0 Å². The third-order valence-corrected chi connectivity index (χ3v) is 10.5. The fourth-order valence-corrected chi connectivity index (χ4v) is 7.50. The molecule has 0 aliphatic heterocycles. The van der Waals surface area contributed by atoms with Crippen molar-refractivity contribution in [1.29, 1.82) is 0 Å². The van der Waals surface area contributed by atoms with Gasteiger partial charge in [0, 0.05) is 62.0 Å². The van der Waals surface area contributed by atoms with E-state index in [1.54, 1.807) is 13.8 Å². The van der Waals surface area contributed by atoms with Gasteiger partial charge in [-0.15, -0.1) is 0 Å². The van der Waals surface area contributed by atoms with E-state index in [2.05, 4.69) is 16.5 Å². The van der Waals surface area contributed by atoms with Crippen LogP contribution in [-0.2, 0) is 52.4 Å². The van der Waals surface area contributed by atoms with Gasteiger partial charge in [0.25, 0.3) is 0 Å². The zero-order valence-corrected chi connectivity index (χ0v) is 35.5. The molecule has 1 saturated carbocycles. The number of nitrogens with zero attached hydrogens (tertiary/aromatic N) is 2. The number of rotatable bonds is 10. The molecule has 2 aromatic rings. The first-order valence-electron chi connectivity index (χ1n) is 19.6. The SMILES string of the molecule is C=C1C(OC(=O)C(C)C)C(OC(C)=O)C(OC(=O)c2cccnc2)C(C)(C)C=CC(C)C(=O)C2(O)CC(C)(OC(C)=O)C(OC(=O)C(C)C)C2C1OC(=O)c1cccnc1. The average Bonchev–Trinajstić information content (AvgIpc) is 3.40. The molecule has 0 saturated heterocycles. The van der Waals surface area contributed by atoms with Crippen molar-refractivity contribution in [2.24, 2.45) is 29.1 Å². The second-order valence-corrected chi connectivity index (χ2v) is 16.7. The lowest BCUT2D eigenvalue weighted by Crippen LogP contribution is -2.58. The summed E-state index contributed by atoms with van der Waals surface area (Å²) in [5, 5.41) is 13.0. The van der Waals surface area contributed by atoms with Gasteiger partial charge in [0.05, 0.1) is 28.9 Å². The monoisotopic (exact) mass is 834 g/mol. The van der Waals surface area contributed by atoms with Gasteiger partial charge >= 0.3 is 35.8 Å². The Bertz CT molecular complexity index is 2000. The van der Waals surface area contributed by atoms with E-state index in [0.29, 0.717) is 0 Å². The molecular weight excluding hydrogens is 780 g/mol. The summed E-state index contributed by atoms with van der Waals surface area (Å²) in [5.74, 6) is -10.9. The summed E-state index contributed by atoms with van der Waals surface area (Å²) in [4.78, 5) is 104. The molecule has 0 radical (unpaired) electrons. The second-order valence-electron chi connectivity index (χ2n) is 16.7. The molecule has 2 aliphatic carbocycles. The van der Waals surface area contributed by atoms with E-state index in [-0.39, 0.29) is 11.1 Å². The van der Waals surface area contributed by atoms with E-state index in [1.165, 1.54) is 103 Å². The zero-order chi connectivity index (χ0) is 44.9. The van der Waals surface area contributed by atoms with Crippen LogP contribution in [-0.4, -0.2) is 98.4 Å². The first kappa shape index (κ1) is 46.9.